The molecule has 1 heterocycles. The van der Waals surface area contributed by atoms with Crippen LogP contribution in [0, 0.1) is 5.82 Å². The fourth-order valence-electron chi connectivity index (χ4n) is 1.94. The van der Waals surface area contributed by atoms with E-state index in [9.17, 15) is 4.39 Å². The molecule has 1 unspecified atom stereocenters. The smallest absolute Gasteiger partial charge is 0.168 e. The molecular formula is C13H16FN3OS. The van der Waals surface area contributed by atoms with Gasteiger partial charge in [0.15, 0.2) is 11.6 Å². The number of hydrogen-bond acceptors (Lipinski definition) is 5. The van der Waals surface area contributed by atoms with Gasteiger partial charge in [0.1, 0.15) is 0 Å². The number of aryl methyl sites for hydroxylation is 1. The van der Waals surface area contributed by atoms with Crippen LogP contribution in [0.4, 0.5) is 4.39 Å². The first kappa shape index (κ1) is 13.9. The van der Waals surface area contributed by atoms with Crippen molar-refractivity contribution < 1.29 is 9.13 Å². The summed E-state index contributed by atoms with van der Waals surface area (Å²) in [6, 6.07) is 4.78. The maximum atomic E-state index is 14.0. The summed E-state index contributed by atoms with van der Waals surface area (Å²) < 4.78 is 22.9. The number of ether oxygens (including phenoxy) is 1. The standard InChI is InChI=1S/C13H16FN3OS/c1-3-10-13(19-17-16-10)9(15)7-8-5-4-6-11(18-2)12(8)14/h4-6,9H,3,7,15H2,1-2H3. The minimum atomic E-state index is -0.351. The third kappa shape index (κ3) is 2.90. The highest BCUT2D eigenvalue weighted by atomic mass is 32.1. The van der Waals surface area contributed by atoms with Crippen LogP contribution in [0.1, 0.15) is 29.1 Å². The predicted molar refractivity (Wildman–Crippen MR) is 72.9 cm³/mol. The van der Waals surface area contributed by atoms with Gasteiger partial charge in [-0.05, 0) is 36.0 Å². The molecule has 2 aromatic rings. The Labute approximate surface area is 115 Å². The molecule has 1 aromatic heterocycles. The Kier molecular flexibility index (Phi) is 4.44. The summed E-state index contributed by atoms with van der Waals surface area (Å²) >= 11 is 1.28. The Balaban J connectivity index is 2.22. The zero-order chi connectivity index (χ0) is 13.8. The lowest BCUT2D eigenvalue weighted by Gasteiger charge is -2.12. The first-order valence-electron chi connectivity index (χ1n) is 6.05. The number of nitrogens with two attached hydrogens (primary N) is 1. The van der Waals surface area contributed by atoms with Gasteiger partial charge in [0.25, 0.3) is 0 Å². The molecule has 0 saturated heterocycles. The topological polar surface area (TPSA) is 61.0 Å². The lowest BCUT2D eigenvalue weighted by Crippen LogP contribution is -2.14. The maximum Gasteiger partial charge on any atom is 0.168 e. The summed E-state index contributed by atoms with van der Waals surface area (Å²) in [4.78, 5) is 0.921. The van der Waals surface area contributed by atoms with Crippen molar-refractivity contribution in [2.45, 2.75) is 25.8 Å². The average Bonchev–Trinajstić information content (AvgIpc) is 2.89. The lowest BCUT2D eigenvalue weighted by atomic mass is 10.0. The van der Waals surface area contributed by atoms with Gasteiger partial charge in [-0.15, -0.1) is 5.10 Å². The van der Waals surface area contributed by atoms with E-state index in [1.165, 1.54) is 18.6 Å². The van der Waals surface area contributed by atoms with E-state index in [2.05, 4.69) is 9.59 Å². The van der Waals surface area contributed by atoms with Gasteiger partial charge in [0, 0.05) is 6.04 Å². The van der Waals surface area contributed by atoms with Gasteiger partial charge in [-0.2, -0.15) is 0 Å². The van der Waals surface area contributed by atoms with E-state index in [0.29, 0.717) is 12.0 Å². The van der Waals surface area contributed by atoms with Crippen LogP contribution in [0.2, 0.25) is 0 Å². The van der Waals surface area contributed by atoms with E-state index in [-0.39, 0.29) is 17.6 Å². The fraction of sp³-hybridized carbons (Fsp3) is 0.385. The lowest BCUT2D eigenvalue weighted by molar-refractivity contribution is 0.383. The molecule has 1 atom stereocenters. The second-order valence-electron chi connectivity index (χ2n) is 4.18. The van der Waals surface area contributed by atoms with Crippen molar-refractivity contribution in [3.8, 4) is 5.75 Å². The van der Waals surface area contributed by atoms with Crippen LogP contribution in [-0.2, 0) is 12.8 Å². The molecule has 102 valence electrons. The van der Waals surface area contributed by atoms with Crippen LogP contribution in [-0.4, -0.2) is 16.7 Å². The number of nitrogens with zero attached hydrogens (tertiary/aromatic N) is 2. The summed E-state index contributed by atoms with van der Waals surface area (Å²) in [6.45, 7) is 2.00. The highest BCUT2D eigenvalue weighted by Gasteiger charge is 2.18. The van der Waals surface area contributed by atoms with E-state index < -0.39 is 0 Å². The Morgan fingerprint density at radius 3 is 2.95 bits per heavy atom. The quantitative estimate of drug-likeness (QED) is 0.914. The zero-order valence-corrected chi connectivity index (χ0v) is 11.7. The zero-order valence-electron chi connectivity index (χ0n) is 10.9. The molecule has 0 bridgehead atoms. The van der Waals surface area contributed by atoms with Crippen molar-refractivity contribution in [2.24, 2.45) is 5.73 Å². The van der Waals surface area contributed by atoms with Crippen LogP contribution in [0.25, 0.3) is 0 Å². The third-order valence-corrected chi connectivity index (χ3v) is 3.86. The molecule has 19 heavy (non-hydrogen) atoms. The molecule has 0 amide bonds. The minimum Gasteiger partial charge on any atom is -0.494 e. The third-order valence-electron chi connectivity index (χ3n) is 2.96. The van der Waals surface area contributed by atoms with Gasteiger partial charge in [0.05, 0.1) is 17.7 Å². The Hall–Kier alpha value is -1.53. The summed E-state index contributed by atoms with van der Waals surface area (Å²) in [5.74, 6) is -0.112. The maximum absolute atomic E-state index is 14.0. The second kappa shape index (κ2) is 6.08. The largest absolute Gasteiger partial charge is 0.494 e. The van der Waals surface area contributed by atoms with Gasteiger partial charge in [-0.3, -0.25) is 0 Å². The highest BCUT2D eigenvalue weighted by Crippen LogP contribution is 2.26. The van der Waals surface area contributed by atoms with Crippen molar-refractivity contribution in [3.05, 3.63) is 40.2 Å². The van der Waals surface area contributed by atoms with Crippen molar-refractivity contribution in [2.75, 3.05) is 7.11 Å². The molecule has 0 spiro atoms. The first-order valence-corrected chi connectivity index (χ1v) is 6.82. The molecule has 0 saturated carbocycles. The van der Waals surface area contributed by atoms with E-state index in [1.807, 2.05) is 6.92 Å². The summed E-state index contributed by atoms with van der Waals surface area (Å²) in [6.07, 6.45) is 1.18. The molecule has 1 aromatic carbocycles. The van der Waals surface area contributed by atoms with Crippen LogP contribution in [0.5, 0.6) is 5.75 Å². The second-order valence-corrected chi connectivity index (χ2v) is 4.97. The van der Waals surface area contributed by atoms with Crippen molar-refractivity contribution in [3.63, 3.8) is 0 Å². The van der Waals surface area contributed by atoms with Crippen LogP contribution >= 0.6 is 11.5 Å². The fourth-order valence-corrected chi connectivity index (χ4v) is 2.68. The summed E-state index contributed by atoms with van der Waals surface area (Å²) in [5.41, 5.74) is 7.56. The van der Waals surface area contributed by atoms with Crippen molar-refractivity contribution >= 4 is 11.5 Å². The normalized spacial score (nSPS) is 12.4. The molecule has 2 N–H and O–H groups in total. The van der Waals surface area contributed by atoms with E-state index in [1.54, 1.807) is 18.2 Å². The predicted octanol–water partition coefficient (Wildman–Crippen LogP) is 2.49. The Bertz CT molecular complexity index is 559. The number of rotatable bonds is 5. The van der Waals surface area contributed by atoms with Crippen LogP contribution in [0.3, 0.4) is 0 Å². The molecule has 0 radical (unpaired) electrons. The molecule has 0 aliphatic carbocycles. The molecule has 0 fully saturated rings. The summed E-state index contributed by atoms with van der Waals surface area (Å²) in [7, 11) is 1.45. The van der Waals surface area contributed by atoms with E-state index in [0.717, 1.165) is 17.0 Å². The number of benzene rings is 1. The van der Waals surface area contributed by atoms with Gasteiger partial charge >= 0.3 is 0 Å². The first-order chi connectivity index (χ1) is 9.17. The summed E-state index contributed by atoms with van der Waals surface area (Å²) in [5, 5.41) is 4.02. The molecule has 0 aliphatic rings. The van der Waals surface area contributed by atoms with Crippen LogP contribution < -0.4 is 10.5 Å². The average molecular weight is 281 g/mol. The molecule has 4 nitrogen and oxygen atoms in total. The Morgan fingerprint density at radius 2 is 2.26 bits per heavy atom. The van der Waals surface area contributed by atoms with E-state index >= 15 is 0 Å². The van der Waals surface area contributed by atoms with Crippen molar-refractivity contribution in [1.82, 2.24) is 9.59 Å². The number of hydrogen-bond donors (Lipinski definition) is 1. The molecular weight excluding hydrogens is 265 g/mol. The minimum absolute atomic E-state index is 0.239. The highest BCUT2D eigenvalue weighted by molar-refractivity contribution is 7.05. The monoisotopic (exact) mass is 281 g/mol. The van der Waals surface area contributed by atoms with Crippen LogP contribution in [0.15, 0.2) is 18.2 Å². The van der Waals surface area contributed by atoms with Crippen molar-refractivity contribution in [1.29, 1.82) is 0 Å². The van der Waals surface area contributed by atoms with Gasteiger partial charge in [-0.25, -0.2) is 4.39 Å². The van der Waals surface area contributed by atoms with Gasteiger partial charge in [-0.1, -0.05) is 23.5 Å². The molecule has 0 aliphatic heterocycles. The van der Waals surface area contributed by atoms with Gasteiger partial charge in [0.2, 0.25) is 0 Å². The van der Waals surface area contributed by atoms with Gasteiger partial charge < -0.3 is 10.5 Å². The SMILES string of the molecule is CCc1nnsc1C(N)Cc1cccc(OC)c1F. The number of halogens is 1. The molecule has 2 rings (SSSR count). The Morgan fingerprint density at radius 1 is 1.47 bits per heavy atom. The number of methoxy groups -OCH3 is 1. The van der Waals surface area contributed by atoms with E-state index in [4.69, 9.17) is 10.5 Å². The molecule has 6 heteroatoms. The number of aromatic nitrogens is 2.